The fraction of sp³-hybridized carbons (Fsp3) is 0.938. The predicted octanol–water partition coefficient (Wildman–Crippen LogP) is 1.15. The van der Waals surface area contributed by atoms with Gasteiger partial charge in [-0.3, -0.25) is 9.69 Å². The van der Waals surface area contributed by atoms with Crippen LogP contribution in [0.3, 0.4) is 0 Å². The maximum absolute atomic E-state index is 11.8. The van der Waals surface area contributed by atoms with Gasteiger partial charge in [0, 0.05) is 32.2 Å². The molecular weight excluding hydrogens is 268 g/mol. The van der Waals surface area contributed by atoms with Crippen LogP contribution in [0.4, 0.5) is 0 Å². The second-order valence-electron chi connectivity index (χ2n) is 7.00. The Hall–Kier alpha value is -0.650. The molecule has 1 aliphatic carbocycles. The van der Waals surface area contributed by atoms with Crippen LogP contribution in [-0.4, -0.2) is 60.4 Å². The van der Waals surface area contributed by atoms with Gasteiger partial charge in [-0.05, 0) is 31.6 Å². The van der Waals surface area contributed by atoms with Gasteiger partial charge in [0.1, 0.15) is 0 Å². The molecule has 1 heterocycles. The Labute approximate surface area is 128 Å². The Morgan fingerprint density at radius 1 is 1.33 bits per heavy atom. The van der Waals surface area contributed by atoms with Crippen LogP contribution < -0.4 is 5.32 Å². The van der Waals surface area contributed by atoms with E-state index < -0.39 is 5.60 Å². The van der Waals surface area contributed by atoms with Crippen LogP contribution in [0.25, 0.3) is 0 Å². The fourth-order valence-corrected chi connectivity index (χ4v) is 3.31. The molecule has 2 aliphatic rings. The average Bonchev–Trinajstić information content (AvgIpc) is 2.46. The molecule has 0 unspecified atom stereocenters. The summed E-state index contributed by atoms with van der Waals surface area (Å²) in [7, 11) is 0. The molecular formula is C16H30N2O3. The monoisotopic (exact) mass is 298 g/mol. The van der Waals surface area contributed by atoms with Gasteiger partial charge in [-0.15, -0.1) is 0 Å². The number of carbonyl (C=O) groups excluding carboxylic acids is 1. The van der Waals surface area contributed by atoms with Gasteiger partial charge in [-0.1, -0.05) is 13.8 Å². The van der Waals surface area contributed by atoms with Crippen molar-refractivity contribution in [3.05, 3.63) is 0 Å². The van der Waals surface area contributed by atoms with E-state index in [4.69, 9.17) is 4.74 Å². The molecule has 0 radical (unpaired) electrons. The number of piperazine rings is 1. The van der Waals surface area contributed by atoms with Gasteiger partial charge in [-0.2, -0.15) is 0 Å². The van der Waals surface area contributed by atoms with E-state index in [1.807, 2.05) is 13.8 Å². The number of carbonyl (C=O) groups is 1. The quantitative estimate of drug-likeness (QED) is 0.746. The van der Waals surface area contributed by atoms with Crippen LogP contribution >= 0.6 is 0 Å². The second kappa shape index (κ2) is 7.56. The zero-order valence-corrected chi connectivity index (χ0v) is 13.4. The highest BCUT2D eigenvalue weighted by atomic mass is 16.5. The number of aliphatic hydroxyl groups is 1. The molecule has 2 rings (SSSR count). The molecule has 0 bridgehead atoms. The topological polar surface area (TPSA) is 61.8 Å². The molecule has 0 aromatic heterocycles. The summed E-state index contributed by atoms with van der Waals surface area (Å²) in [6, 6.07) is 0.569. The molecule has 1 aliphatic heterocycles. The van der Waals surface area contributed by atoms with Crippen molar-refractivity contribution in [2.45, 2.75) is 57.6 Å². The minimum Gasteiger partial charge on any atom is -0.465 e. The Morgan fingerprint density at radius 3 is 2.52 bits per heavy atom. The van der Waals surface area contributed by atoms with Gasteiger partial charge in [-0.25, -0.2) is 0 Å². The maximum Gasteiger partial charge on any atom is 0.308 e. The average molecular weight is 298 g/mol. The maximum atomic E-state index is 11.8. The number of nitrogens with zero attached hydrogens (tertiary/aromatic N) is 1. The van der Waals surface area contributed by atoms with Crippen LogP contribution in [0, 0.1) is 5.92 Å². The summed E-state index contributed by atoms with van der Waals surface area (Å²) in [5, 5.41) is 14.0. The highest BCUT2D eigenvalue weighted by molar-refractivity contribution is 5.70. The largest absolute Gasteiger partial charge is 0.465 e. The molecule has 5 heteroatoms. The first-order chi connectivity index (χ1) is 9.98. The summed E-state index contributed by atoms with van der Waals surface area (Å²) in [5.41, 5.74) is -0.849. The third kappa shape index (κ3) is 5.24. The van der Waals surface area contributed by atoms with Crippen molar-refractivity contribution in [3.8, 4) is 0 Å². The first kappa shape index (κ1) is 16.7. The summed E-state index contributed by atoms with van der Waals surface area (Å²) in [4.78, 5) is 14.3. The molecule has 5 nitrogen and oxygen atoms in total. The Balaban J connectivity index is 1.74. The van der Waals surface area contributed by atoms with Gasteiger partial charge < -0.3 is 15.2 Å². The van der Waals surface area contributed by atoms with E-state index in [2.05, 4.69) is 10.2 Å². The van der Waals surface area contributed by atoms with E-state index in [1.54, 1.807) is 0 Å². The fourth-order valence-electron chi connectivity index (χ4n) is 3.31. The van der Waals surface area contributed by atoms with Crippen molar-refractivity contribution in [2.75, 3.05) is 32.8 Å². The van der Waals surface area contributed by atoms with Crippen LogP contribution in [0.1, 0.15) is 46.0 Å². The molecule has 2 fully saturated rings. The van der Waals surface area contributed by atoms with E-state index in [0.29, 0.717) is 31.4 Å². The molecule has 0 aromatic rings. The van der Waals surface area contributed by atoms with Crippen molar-refractivity contribution in [3.63, 3.8) is 0 Å². The third-order valence-corrected chi connectivity index (χ3v) is 4.60. The number of esters is 1. The standard InChI is InChI=1S/C16H30N2O3/c1-13(2)12-21-15(19)11-16(20)5-3-14(4-6-16)18-9-7-17-8-10-18/h13-14,17,20H,3-12H2,1-2H3. The normalized spacial score (nSPS) is 31.3. The lowest BCUT2D eigenvalue weighted by Crippen LogP contribution is -2.51. The van der Waals surface area contributed by atoms with E-state index in [1.165, 1.54) is 0 Å². The Bertz CT molecular complexity index is 332. The van der Waals surface area contributed by atoms with Crippen LogP contribution in [0.15, 0.2) is 0 Å². The highest BCUT2D eigenvalue weighted by Gasteiger charge is 2.37. The lowest BCUT2D eigenvalue weighted by molar-refractivity contribution is -0.152. The first-order valence-corrected chi connectivity index (χ1v) is 8.31. The zero-order chi connectivity index (χ0) is 15.3. The second-order valence-corrected chi connectivity index (χ2v) is 7.00. The van der Waals surface area contributed by atoms with E-state index in [0.717, 1.165) is 39.0 Å². The number of nitrogens with one attached hydrogen (secondary N) is 1. The number of ether oxygens (including phenoxy) is 1. The predicted molar refractivity (Wildman–Crippen MR) is 82.1 cm³/mol. The number of hydrogen-bond acceptors (Lipinski definition) is 5. The van der Waals surface area contributed by atoms with Crippen molar-refractivity contribution in [1.82, 2.24) is 10.2 Å². The minimum atomic E-state index is -0.849. The first-order valence-electron chi connectivity index (χ1n) is 8.31. The minimum absolute atomic E-state index is 0.147. The molecule has 0 amide bonds. The van der Waals surface area contributed by atoms with E-state index in [9.17, 15) is 9.90 Å². The summed E-state index contributed by atoms with van der Waals surface area (Å²) >= 11 is 0. The summed E-state index contributed by atoms with van der Waals surface area (Å²) in [5.74, 6) is 0.0823. The number of rotatable bonds is 5. The van der Waals surface area contributed by atoms with E-state index >= 15 is 0 Å². The van der Waals surface area contributed by atoms with Crippen LogP contribution in [0.2, 0.25) is 0 Å². The summed E-state index contributed by atoms with van der Waals surface area (Å²) < 4.78 is 5.20. The third-order valence-electron chi connectivity index (χ3n) is 4.60. The molecule has 122 valence electrons. The number of hydrogen-bond donors (Lipinski definition) is 2. The SMILES string of the molecule is CC(C)COC(=O)CC1(O)CCC(N2CCNCC2)CC1. The Morgan fingerprint density at radius 2 is 1.95 bits per heavy atom. The lowest BCUT2D eigenvalue weighted by atomic mass is 9.79. The van der Waals surface area contributed by atoms with Gasteiger partial charge in [0.25, 0.3) is 0 Å². The van der Waals surface area contributed by atoms with Gasteiger partial charge in [0.15, 0.2) is 0 Å². The molecule has 0 atom stereocenters. The van der Waals surface area contributed by atoms with Crippen molar-refractivity contribution in [2.24, 2.45) is 5.92 Å². The van der Waals surface area contributed by atoms with Crippen LogP contribution in [0.5, 0.6) is 0 Å². The molecule has 21 heavy (non-hydrogen) atoms. The lowest BCUT2D eigenvalue weighted by Gasteiger charge is -2.42. The highest BCUT2D eigenvalue weighted by Crippen LogP contribution is 2.33. The van der Waals surface area contributed by atoms with Crippen LogP contribution in [-0.2, 0) is 9.53 Å². The smallest absolute Gasteiger partial charge is 0.308 e. The van der Waals surface area contributed by atoms with Crippen molar-refractivity contribution < 1.29 is 14.6 Å². The Kier molecular flexibility index (Phi) is 6.02. The van der Waals surface area contributed by atoms with Crippen molar-refractivity contribution in [1.29, 1.82) is 0 Å². The van der Waals surface area contributed by atoms with Gasteiger partial charge >= 0.3 is 5.97 Å². The molecule has 0 aromatic carbocycles. The van der Waals surface area contributed by atoms with Gasteiger partial charge in [0.05, 0.1) is 18.6 Å². The van der Waals surface area contributed by atoms with Crippen molar-refractivity contribution >= 4 is 5.97 Å². The van der Waals surface area contributed by atoms with E-state index in [-0.39, 0.29) is 12.4 Å². The summed E-state index contributed by atoms with van der Waals surface area (Å²) in [6.45, 7) is 8.78. The summed E-state index contributed by atoms with van der Waals surface area (Å²) in [6.07, 6.45) is 3.52. The zero-order valence-electron chi connectivity index (χ0n) is 13.4. The molecule has 2 N–H and O–H groups in total. The molecule has 1 saturated heterocycles. The van der Waals surface area contributed by atoms with Gasteiger partial charge in [0.2, 0.25) is 0 Å². The molecule has 0 spiro atoms. The molecule has 1 saturated carbocycles.